The molecule has 1 aliphatic rings. The van der Waals surface area contributed by atoms with E-state index in [2.05, 4.69) is 49.2 Å². The summed E-state index contributed by atoms with van der Waals surface area (Å²) < 4.78 is 0. The van der Waals surface area contributed by atoms with Crippen LogP contribution in [0, 0.1) is 5.92 Å². The van der Waals surface area contributed by atoms with E-state index >= 15 is 0 Å². The fourth-order valence-electron chi connectivity index (χ4n) is 2.33. The molecule has 19 heavy (non-hydrogen) atoms. The van der Waals surface area contributed by atoms with Crippen LogP contribution in [0.25, 0.3) is 0 Å². The third kappa shape index (κ3) is 4.50. The van der Waals surface area contributed by atoms with Crippen molar-refractivity contribution >= 4 is 5.82 Å². The topological polar surface area (TPSA) is 28.2 Å². The lowest BCUT2D eigenvalue weighted by atomic mass is 10.2. The van der Waals surface area contributed by atoms with E-state index in [4.69, 9.17) is 4.98 Å². The van der Waals surface area contributed by atoms with Gasteiger partial charge in [-0.25, -0.2) is 4.98 Å². The number of nitrogens with one attached hydrogen (secondary N) is 1. The van der Waals surface area contributed by atoms with E-state index in [-0.39, 0.29) is 0 Å². The molecule has 1 aromatic rings. The van der Waals surface area contributed by atoms with Gasteiger partial charge in [0.15, 0.2) is 0 Å². The number of rotatable bonds is 8. The lowest BCUT2D eigenvalue weighted by Crippen LogP contribution is -2.31. The maximum atomic E-state index is 4.82. The third-order valence-electron chi connectivity index (χ3n) is 3.37. The van der Waals surface area contributed by atoms with Crippen molar-refractivity contribution in [3.05, 3.63) is 23.9 Å². The standard InChI is InChI=1S/C16H27N3/c1-4-10-17-11-14-6-5-7-16(18-14)19(12-13(2)3)15-8-9-15/h5-7,13,15,17H,4,8-12H2,1-3H3. The summed E-state index contributed by atoms with van der Waals surface area (Å²) in [4.78, 5) is 7.32. The summed E-state index contributed by atoms with van der Waals surface area (Å²) >= 11 is 0. The first kappa shape index (κ1) is 14.3. The molecule has 0 amide bonds. The molecule has 0 radical (unpaired) electrons. The highest BCUT2D eigenvalue weighted by molar-refractivity contribution is 5.42. The van der Waals surface area contributed by atoms with Crippen molar-refractivity contribution in [3.63, 3.8) is 0 Å². The maximum absolute atomic E-state index is 4.82. The van der Waals surface area contributed by atoms with Gasteiger partial charge in [0.05, 0.1) is 5.69 Å². The SMILES string of the molecule is CCCNCc1cccc(N(CC(C)C)C2CC2)n1. The van der Waals surface area contributed by atoms with Crippen molar-refractivity contribution in [3.8, 4) is 0 Å². The Morgan fingerprint density at radius 2 is 2.16 bits per heavy atom. The van der Waals surface area contributed by atoms with Crippen LogP contribution in [-0.2, 0) is 6.54 Å². The highest BCUT2D eigenvalue weighted by Crippen LogP contribution is 2.31. The molecule has 1 heterocycles. The highest BCUT2D eigenvalue weighted by Gasteiger charge is 2.30. The van der Waals surface area contributed by atoms with E-state index in [1.807, 2.05) is 0 Å². The van der Waals surface area contributed by atoms with E-state index in [0.717, 1.165) is 37.2 Å². The second kappa shape index (κ2) is 6.90. The molecule has 0 spiro atoms. The first-order chi connectivity index (χ1) is 9.20. The van der Waals surface area contributed by atoms with Gasteiger partial charge < -0.3 is 10.2 Å². The maximum Gasteiger partial charge on any atom is 0.129 e. The molecule has 0 atom stereocenters. The van der Waals surface area contributed by atoms with E-state index in [1.165, 1.54) is 19.3 Å². The molecule has 2 rings (SSSR count). The van der Waals surface area contributed by atoms with Crippen molar-refractivity contribution in [2.75, 3.05) is 18.0 Å². The van der Waals surface area contributed by atoms with Crippen LogP contribution in [0.5, 0.6) is 0 Å². The Labute approximate surface area is 117 Å². The minimum absolute atomic E-state index is 0.685. The number of hydrogen-bond acceptors (Lipinski definition) is 3. The Balaban J connectivity index is 2.02. The Bertz CT molecular complexity index is 385. The average molecular weight is 261 g/mol. The van der Waals surface area contributed by atoms with Gasteiger partial charge in [0.25, 0.3) is 0 Å². The summed E-state index contributed by atoms with van der Waals surface area (Å²) in [5.41, 5.74) is 1.15. The summed E-state index contributed by atoms with van der Waals surface area (Å²) in [5.74, 6) is 1.84. The number of aromatic nitrogens is 1. The lowest BCUT2D eigenvalue weighted by molar-refractivity contribution is 0.600. The van der Waals surface area contributed by atoms with Gasteiger partial charge in [-0.1, -0.05) is 26.8 Å². The highest BCUT2D eigenvalue weighted by atomic mass is 15.2. The smallest absolute Gasteiger partial charge is 0.129 e. The van der Waals surface area contributed by atoms with Gasteiger partial charge in [0.2, 0.25) is 0 Å². The van der Waals surface area contributed by atoms with Crippen molar-refractivity contribution in [1.29, 1.82) is 0 Å². The van der Waals surface area contributed by atoms with Gasteiger partial charge in [-0.15, -0.1) is 0 Å². The quantitative estimate of drug-likeness (QED) is 0.728. The number of anilines is 1. The van der Waals surface area contributed by atoms with Crippen LogP contribution in [0.4, 0.5) is 5.82 Å². The zero-order chi connectivity index (χ0) is 13.7. The van der Waals surface area contributed by atoms with Crippen molar-refractivity contribution in [2.45, 2.75) is 52.6 Å². The van der Waals surface area contributed by atoms with E-state index < -0.39 is 0 Å². The van der Waals surface area contributed by atoms with Gasteiger partial charge in [-0.05, 0) is 43.9 Å². The monoisotopic (exact) mass is 261 g/mol. The second-order valence-electron chi connectivity index (χ2n) is 5.94. The molecule has 0 unspecified atom stereocenters. The van der Waals surface area contributed by atoms with Gasteiger partial charge in [-0.3, -0.25) is 0 Å². The zero-order valence-electron chi connectivity index (χ0n) is 12.5. The van der Waals surface area contributed by atoms with Gasteiger partial charge >= 0.3 is 0 Å². The van der Waals surface area contributed by atoms with Crippen LogP contribution in [0.1, 0.15) is 45.7 Å². The number of nitrogens with zero attached hydrogens (tertiary/aromatic N) is 2. The van der Waals surface area contributed by atoms with E-state index in [0.29, 0.717) is 5.92 Å². The Hall–Kier alpha value is -1.09. The molecule has 0 saturated heterocycles. The summed E-state index contributed by atoms with van der Waals surface area (Å²) in [5, 5.41) is 3.42. The predicted octanol–water partition coefficient (Wildman–Crippen LogP) is 3.21. The normalized spacial score (nSPS) is 14.9. The van der Waals surface area contributed by atoms with Crippen LogP contribution in [-0.4, -0.2) is 24.1 Å². The molecule has 1 saturated carbocycles. The summed E-state index contributed by atoms with van der Waals surface area (Å²) in [6.07, 6.45) is 3.82. The van der Waals surface area contributed by atoms with E-state index in [1.54, 1.807) is 0 Å². The van der Waals surface area contributed by atoms with Gasteiger partial charge in [-0.2, -0.15) is 0 Å². The Morgan fingerprint density at radius 1 is 1.37 bits per heavy atom. The molecule has 1 fully saturated rings. The zero-order valence-corrected chi connectivity index (χ0v) is 12.5. The minimum Gasteiger partial charge on any atom is -0.353 e. The van der Waals surface area contributed by atoms with Crippen molar-refractivity contribution < 1.29 is 0 Å². The third-order valence-corrected chi connectivity index (χ3v) is 3.37. The van der Waals surface area contributed by atoms with Crippen molar-refractivity contribution in [1.82, 2.24) is 10.3 Å². The summed E-state index contributed by atoms with van der Waals surface area (Å²) in [6.45, 7) is 9.80. The molecular weight excluding hydrogens is 234 g/mol. The van der Waals surface area contributed by atoms with Crippen LogP contribution in [0.3, 0.4) is 0 Å². The lowest BCUT2D eigenvalue weighted by Gasteiger charge is -2.26. The van der Waals surface area contributed by atoms with Crippen LogP contribution in [0.2, 0.25) is 0 Å². The second-order valence-corrected chi connectivity index (χ2v) is 5.94. The van der Waals surface area contributed by atoms with Crippen LogP contribution < -0.4 is 10.2 Å². The van der Waals surface area contributed by atoms with Crippen LogP contribution in [0.15, 0.2) is 18.2 Å². The largest absolute Gasteiger partial charge is 0.353 e. The molecule has 106 valence electrons. The van der Waals surface area contributed by atoms with Gasteiger partial charge in [0, 0.05) is 19.1 Å². The number of hydrogen-bond donors (Lipinski definition) is 1. The molecule has 1 aliphatic carbocycles. The molecule has 3 nitrogen and oxygen atoms in total. The Kier molecular flexibility index (Phi) is 5.20. The molecule has 0 aliphatic heterocycles. The first-order valence-electron chi connectivity index (χ1n) is 7.64. The fourth-order valence-corrected chi connectivity index (χ4v) is 2.33. The van der Waals surface area contributed by atoms with Gasteiger partial charge in [0.1, 0.15) is 5.82 Å². The van der Waals surface area contributed by atoms with Crippen molar-refractivity contribution in [2.24, 2.45) is 5.92 Å². The molecule has 1 N–H and O–H groups in total. The first-order valence-corrected chi connectivity index (χ1v) is 7.64. The number of pyridine rings is 1. The fraction of sp³-hybridized carbons (Fsp3) is 0.688. The Morgan fingerprint density at radius 3 is 2.79 bits per heavy atom. The summed E-state index contributed by atoms with van der Waals surface area (Å²) in [7, 11) is 0. The van der Waals surface area contributed by atoms with Crippen LogP contribution >= 0.6 is 0 Å². The minimum atomic E-state index is 0.685. The molecule has 0 bridgehead atoms. The van der Waals surface area contributed by atoms with E-state index in [9.17, 15) is 0 Å². The molecular formula is C16H27N3. The molecule has 0 aromatic carbocycles. The summed E-state index contributed by atoms with van der Waals surface area (Å²) in [6, 6.07) is 7.14. The predicted molar refractivity (Wildman–Crippen MR) is 81.4 cm³/mol. The molecule has 3 heteroatoms. The molecule has 1 aromatic heterocycles. The average Bonchev–Trinajstić information content (AvgIpc) is 3.21.